The quantitative estimate of drug-likeness (QED) is 0.426. The van der Waals surface area contributed by atoms with Gasteiger partial charge in [-0.2, -0.15) is 0 Å². The van der Waals surface area contributed by atoms with Crippen LogP contribution in [0, 0.1) is 0 Å². The van der Waals surface area contributed by atoms with Crippen LogP contribution in [0.2, 0.25) is 0 Å². The minimum Gasteiger partial charge on any atom is -0.356 e. The van der Waals surface area contributed by atoms with E-state index < -0.39 is 0 Å². The molecule has 0 bridgehead atoms. The number of carbonyl (C=O) groups is 2. The SMILES string of the molecule is C[C@H]1Cc2c([nH]c3ccccc23)C(c2ccc(C(=O)Nc3ccccn3)cc2)N1C(=O)CCl. The molecule has 0 aliphatic carbocycles. The molecule has 1 unspecified atom stereocenters. The van der Waals surface area contributed by atoms with Crippen molar-refractivity contribution in [3.63, 3.8) is 0 Å². The molecule has 0 fully saturated rings. The molecule has 6 nitrogen and oxygen atoms in total. The summed E-state index contributed by atoms with van der Waals surface area (Å²) < 4.78 is 0. The van der Waals surface area contributed by atoms with Crippen LogP contribution in [0.5, 0.6) is 0 Å². The molecule has 0 spiro atoms. The van der Waals surface area contributed by atoms with E-state index in [1.807, 2.05) is 41.3 Å². The third kappa shape index (κ3) is 3.87. The first-order valence-electron chi connectivity index (χ1n) is 10.9. The highest BCUT2D eigenvalue weighted by Gasteiger charge is 2.38. The Labute approximate surface area is 196 Å². The molecule has 7 heteroatoms. The number of nitrogens with zero attached hydrogens (tertiary/aromatic N) is 2. The average molecular weight is 459 g/mol. The highest BCUT2D eigenvalue weighted by Crippen LogP contribution is 2.41. The van der Waals surface area contributed by atoms with Gasteiger partial charge in [0.2, 0.25) is 5.91 Å². The van der Waals surface area contributed by atoms with E-state index in [-0.39, 0.29) is 29.8 Å². The second kappa shape index (κ2) is 8.71. The fourth-order valence-corrected chi connectivity index (χ4v) is 4.83. The number of aromatic nitrogens is 2. The number of hydrogen-bond acceptors (Lipinski definition) is 3. The topological polar surface area (TPSA) is 78.1 Å². The molecule has 2 N–H and O–H groups in total. The minimum absolute atomic E-state index is 0.0138. The maximum absolute atomic E-state index is 12.9. The molecule has 0 radical (unpaired) electrons. The van der Waals surface area contributed by atoms with E-state index in [1.165, 1.54) is 10.9 Å². The summed E-state index contributed by atoms with van der Waals surface area (Å²) in [5, 5.41) is 3.97. The molecule has 2 aromatic carbocycles. The second-order valence-electron chi connectivity index (χ2n) is 8.24. The van der Waals surface area contributed by atoms with E-state index in [9.17, 15) is 9.59 Å². The second-order valence-corrected chi connectivity index (χ2v) is 8.51. The van der Waals surface area contributed by atoms with Crippen LogP contribution in [0.1, 0.15) is 40.1 Å². The van der Waals surface area contributed by atoms with Crippen LogP contribution in [0.3, 0.4) is 0 Å². The van der Waals surface area contributed by atoms with Crippen molar-refractivity contribution in [3.05, 3.63) is 95.3 Å². The summed E-state index contributed by atoms with van der Waals surface area (Å²) in [6.45, 7) is 2.05. The van der Waals surface area contributed by atoms with Gasteiger partial charge in [-0.05, 0) is 54.8 Å². The van der Waals surface area contributed by atoms with Crippen molar-refractivity contribution in [2.75, 3.05) is 11.2 Å². The molecule has 2 aromatic heterocycles. The molecule has 1 aliphatic heterocycles. The molecular formula is C26H23ClN4O2. The first-order valence-corrected chi connectivity index (χ1v) is 11.4. The third-order valence-electron chi connectivity index (χ3n) is 6.17. The van der Waals surface area contributed by atoms with Crippen molar-refractivity contribution in [1.82, 2.24) is 14.9 Å². The van der Waals surface area contributed by atoms with Gasteiger partial charge in [0, 0.05) is 34.4 Å². The molecule has 2 amide bonds. The molecule has 0 saturated heterocycles. The number of alkyl halides is 1. The van der Waals surface area contributed by atoms with Gasteiger partial charge in [0.15, 0.2) is 0 Å². The monoisotopic (exact) mass is 458 g/mol. The molecule has 0 saturated carbocycles. The third-order valence-corrected chi connectivity index (χ3v) is 6.40. The number of amides is 2. The van der Waals surface area contributed by atoms with Crippen LogP contribution in [0.25, 0.3) is 10.9 Å². The molecule has 5 rings (SSSR count). The standard InChI is InChI=1S/C26H23ClN4O2/c1-16-14-20-19-6-2-3-7-21(19)29-24(20)25(31(16)23(32)15-27)17-9-11-18(12-10-17)26(33)30-22-8-4-5-13-28-22/h2-13,16,25,29H,14-15H2,1H3,(H,28,30,33)/t16-,25?/m0/s1. The lowest BCUT2D eigenvalue weighted by atomic mass is 9.88. The Morgan fingerprint density at radius 3 is 2.58 bits per heavy atom. The minimum atomic E-state index is -0.310. The smallest absolute Gasteiger partial charge is 0.256 e. The number of benzene rings is 2. The zero-order chi connectivity index (χ0) is 22.9. The van der Waals surface area contributed by atoms with Crippen molar-refractivity contribution < 1.29 is 9.59 Å². The van der Waals surface area contributed by atoms with E-state index >= 15 is 0 Å². The van der Waals surface area contributed by atoms with Gasteiger partial charge in [-0.1, -0.05) is 36.4 Å². The van der Waals surface area contributed by atoms with Crippen LogP contribution < -0.4 is 5.32 Å². The summed E-state index contributed by atoms with van der Waals surface area (Å²) in [5.74, 6) is 0.0583. The highest BCUT2D eigenvalue weighted by molar-refractivity contribution is 6.27. The molecule has 3 heterocycles. The molecule has 2 atom stereocenters. The highest BCUT2D eigenvalue weighted by atomic mass is 35.5. The number of H-pyrrole nitrogens is 1. The lowest BCUT2D eigenvalue weighted by molar-refractivity contribution is -0.133. The Morgan fingerprint density at radius 1 is 1.09 bits per heavy atom. The van der Waals surface area contributed by atoms with Gasteiger partial charge < -0.3 is 15.2 Å². The van der Waals surface area contributed by atoms with Crippen LogP contribution in [0.15, 0.2) is 72.9 Å². The fraction of sp³-hybridized carbons (Fsp3) is 0.192. The zero-order valence-corrected chi connectivity index (χ0v) is 18.8. The number of nitrogens with one attached hydrogen (secondary N) is 2. The van der Waals surface area contributed by atoms with Gasteiger partial charge in [0.05, 0.1) is 6.04 Å². The number of anilines is 1. The Balaban J connectivity index is 1.53. The number of para-hydroxylation sites is 1. The van der Waals surface area contributed by atoms with Gasteiger partial charge in [-0.25, -0.2) is 4.98 Å². The van der Waals surface area contributed by atoms with Gasteiger partial charge in [-0.3, -0.25) is 9.59 Å². The lowest BCUT2D eigenvalue weighted by Crippen LogP contribution is -2.46. The van der Waals surface area contributed by atoms with E-state index in [2.05, 4.69) is 28.3 Å². The number of fused-ring (bicyclic) bond motifs is 3. The molecule has 1 aliphatic rings. The summed E-state index contributed by atoms with van der Waals surface area (Å²) in [5.41, 5.74) is 4.70. The van der Waals surface area contributed by atoms with Crippen LogP contribution in [-0.4, -0.2) is 38.6 Å². The summed E-state index contributed by atoms with van der Waals surface area (Å²) in [4.78, 5) is 35.1. The fourth-order valence-electron chi connectivity index (χ4n) is 4.69. The Bertz CT molecular complexity index is 1320. The number of hydrogen-bond donors (Lipinski definition) is 2. The number of carbonyl (C=O) groups excluding carboxylic acids is 2. The van der Waals surface area contributed by atoms with E-state index in [0.29, 0.717) is 11.4 Å². The van der Waals surface area contributed by atoms with E-state index in [4.69, 9.17) is 11.6 Å². The summed E-state index contributed by atoms with van der Waals surface area (Å²) in [7, 11) is 0. The lowest BCUT2D eigenvalue weighted by Gasteiger charge is -2.40. The summed E-state index contributed by atoms with van der Waals surface area (Å²) >= 11 is 5.99. The average Bonchev–Trinajstić information content (AvgIpc) is 3.21. The largest absolute Gasteiger partial charge is 0.356 e. The van der Waals surface area contributed by atoms with Gasteiger partial charge in [0.25, 0.3) is 5.91 Å². The first kappa shape index (κ1) is 21.2. The number of aromatic amines is 1. The predicted molar refractivity (Wildman–Crippen MR) is 130 cm³/mol. The van der Waals surface area contributed by atoms with Crippen molar-refractivity contribution in [1.29, 1.82) is 0 Å². The molecule has 4 aromatic rings. The maximum Gasteiger partial charge on any atom is 0.256 e. The Morgan fingerprint density at radius 2 is 1.85 bits per heavy atom. The van der Waals surface area contributed by atoms with Crippen LogP contribution >= 0.6 is 11.6 Å². The maximum atomic E-state index is 12.9. The summed E-state index contributed by atoms with van der Waals surface area (Å²) in [6, 6.07) is 20.6. The number of halogens is 1. The zero-order valence-electron chi connectivity index (χ0n) is 18.1. The van der Waals surface area contributed by atoms with Crippen LogP contribution in [-0.2, 0) is 11.2 Å². The molecule has 33 heavy (non-hydrogen) atoms. The van der Waals surface area contributed by atoms with Crippen molar-refractivity contribution in [2.24, 2.45) is 0 Å². The van der Waals surface area contributed by atoms with E-state index in [1.54, 1.807) is 30.5 Å². The van der Waals surface area contributed by atoms with Gasteiger partial charge >= 0.3 is 0 Å². The predicted octanol–water partition coefficient (Wildman–Crippen LogP) is 4.92. The normalized spacial score (nSPS) is 17.6. The van der Waals surface area contributed by atoms with Crippen molar-refractivity contribution in [2.45, 2.75) is 25.4 Å². The van der Waals surface area contributed by atoms with Gasteiger partial charge in [-0.15, -0.1) is 11.6 Å². The summed E-state index contributed by atoms with van der Waals surface area (Å²) in [6.07, 6.45) is 2.38. The van der Waals surface area contributed by atoms with E-state index in [0.717, 1.165) is 23.2 Å². The molecule has 166 valence electrons. The Kier molecular flexibility index (Phi) is 5.60. The molecular weight excluding hydrogens is 436 g/mol. The van der Waals surface area contributed by atoms with Crippen molar-refractivity contribution >= 4 is 40.1 Å². The number of rotatable bonds is 4. The first-order chi connectivity index (χ1) is 16.1. The number of pyridine rings is 1. The Hall–Kier alpha value is -3.64. The van der Waals surface area contributed by atoms with Gasteiger partial charge in [0.1, 0.15) is 11.7 Å². The van der Waals surface area contributed by atoms with Crippen molar-refractivity contribution in [3.8, 4) is 0 Å². The van der Waals surface area contributed by atoms with Crippen LogP contribution in [0.4, 0.5) is 5.82 Å².